The Labute approximate surface area is 140 Å². The first kappa shape index (κ1) is 16.5. The number of rotatable bonds is 3. The van der Waals surface area contributed by atoms with E-state index in [1.807, 2.05) is 0 Å². The highest BCUT2D eigenvalue weighted by atomic mass is 16.2. The van der Waals surface area contributed by atoms with E-state index in [1.165, 1.54) is 31.2 Å². The lowest BCUT2D eigenvalue weighted by Gasteiger charge is -2.41. The van der Waals surface area contributed by atoms with Crippen molar-refractivity contribution in [3.8, 4) is 0 Å². The summed E-state index contributed by atoms with van der Waals surface area (Å²) in [5.41, 5.74) is 1.36. The molecular weight excluding hydrogens is 284 g/mol. The highest BCUT2D eigenvalue weighted by molar-refractivity contribution is 5.79. The van der Waals surface area contributed by atoms with Crippen LogP contribution in [0.25, 0.3) is 0 Å². The molecule has 0 aromatic heterocycles. The third kappa shape index (κ3) is 4.35. The average molecular weight is 314 g/mol. The second-order valence-corrected chi connectivity index (χ2v) is 7.29. The molecule has 1 aliphatic carbocycles. The fourth-order valence-corrected chi connectivity index (χ4v) is 4.11. The smallest absolute Gasteiger partial charge is 0.226 e. The Morgan fingerprint density at radius 1 is 1.04 bits per heavy atom. The highest BCUT2D eigenvalue weighted by Gasteiger charge is 2.31. The van der Waals surface area contributed by atoms with Crippen molar-refractivity contribution in [3.05, 3.63) is 35.9 Å². The van der Waals surface area contributed by atoms with Crippen molar-refractivity contribution in [1.82, 2.24) is 9.80 Å². The van der Waals surface area contributed by atoms with Crippen LogP contribution in [0.4, 0.5) is 0 Å². The van der Waals surface area contributed by atoms with Crippen molar-refractivity contribution in [1.29, 1.82) is 0 Å². The Morgan fingerprint density at radius 3 is 2.39 bits per heavy atom. The molecule has 0 N–H and O–H groups in total. The van der Waals surface area contributed by atoms with Crippen molar-refractivity contribution in [3.63, 3.8) is 0 Å². The first-order valence-corrected chi connectivity index (χ1v) is 9.31. The molecule has 2 fully saturated rings. The molecule has 1 aromatic rings. The van der Waals surface area contributed by atoms with Gasteiger partial charge in [0.1, 0.15) is 0 Å². The van der Waals surface area contributed by atoms with Crippen LogP contribution >= 0.6 is 0 Å². The van der Waals surface area contributed by atoms with Gasteiger partial charge in [-0.25, -0.2) is 0 Å². The van der Waals surface area contributed by atoms with E-state index in [-0.39, 0.29) is 0 Å². The number of nitrogens with zero attached hydrogens (tertiary/aromatic N) is 2. The zero-order chi connectivity index (χ0) is 16.1. The highest BCUT2D eigenvalue weighted by Crippen LogP contribution is 2.26. The van der Waals surface area contributed by atoms with Gasteiger partial charge in [0.05, 0.1) is 0 Å². The normalized spacial score (nSPS) is 24.4. The third-order valence-corrected chi connectivity index (χ3v) is 5.45. The maximum Gasteiger partial charge on any atom is 0.226 e. The molecule has 3 heteroatoms. The standard InChI is InChI=1S/C20H30N2O/c1-17-15-21(16-18-9-5-4-6-10-18)13-14-22(17)20(23)19-11-7-2-3-8-12-19/h4-6,9-10,17,19H,2-3,7-8,11-16H2,1H3. The van der Waals surface area contributed by atoms with Gasteiger partial charge in [0.25, 0.3) is 0 Å². The molecule has 1 heterocycles. The summed E-state index contributed by atoms with van der Waals surface area (Å²) in [5, 5.41) is 0. The van der Waals surface area contributed by atoms with E-state index < -0.39 is 0 Å². The lowest BCUT2D eigenvalue weighted by molar-refractivity contribution is -0.140. The van der Waals surface area contributed by atoms with E-state index in [4.69, 9.17) is 0 Å². The molecule has 3 nitrogen and oxygen atoms in total. The van der Waals surface area contributed by atoms with E-state index >= 15 is 0 Å². The first-order valence-electron chi connectivity index (χ1n) is 9.31. The maximum atomic E-state index is 12.9. The molecule has 0 radical (unpaired) electrons. The Hall–Kier alpha value is -1.35. The Bertz CT molecular complexity index is 494. The minimum Gasteiger partial charge on any atom is -0.337 e. The molecule has 1 atom stereocenters. The molecular formula is C20H30N2O. The zero-order valence-electron chi connectivity index (χ0n) is 14.4. The van der Waals surface area contributed by atoms with Crippen LogP contribution < -0.4 is 0 Å². The number of carbonyl (C=O) groups is 1. The van der Waals surface area contributed by atoms with Gasteiger partial charge in [-0.2, -0.15) is 0 Å². The second-order valence-electron chi connectivity index (χ2n) is 7.29. The topological polar surface area (TPSA) is 23.6 Å². The monoisotopic (exact) mass is 314 g/mol. The maximum absolute atomic E-state index is 12.9. The van der Waals surface area contributed by atoms with Crippen molar-refractivity contribution in [2.45, 2.75) is 58.0 Å². The molecule has 1 saturated heterocycles. The molecule has 126 valence electrons. The van der Waals surface area contributed by atoms with E-state index in [0.717, 1.165) is 39.0 Å². The van der Waals surface area contributed by atoms with Crippen LogP contribution in [-0.4, -0.2) is 41.4 Å². The summed E-state index contributed by atoms with van der Waals surface area (Å²) in [6, 6.07) is 11.0. The SMILES string of the molecule is CC1CN(Cc2ccccc2)CCN1C(=O)C1CCCCCC1. The fraction of sp³-hybridized carbons (Fsp3) is 0.650. The van der Waals surface area contributed by atoms with Crippen LogP contribution in [0.15, 0.2) is 30.3 Å². The number of piperazine rings is 1. The molecule has 1 aliphatic heterocycles. The van der Waals surface area contributed by atoms with Gasteiger partial charge < -0.3 is 4.90 Å². The number of carbonyl (C=O) groups excluding carboxylic acids is 1. The number of hydrogen-bond donors (Lipinski definition) is 0. The number of amides is 1. The van der Waals surface area contributed by atoms with Crippen molar-refractivity contribution >= 4 is 5.91 Å². The second kappa shape index (κ2) is 7.96. The lowest BCUT2D eigenvalue weighted by Crippen LogP contribution is -2.55. The van der Waals surface area contributed by atoms with Gasteiger partial charge in [-0.1, -0.05) is 56.0 Å². The summed E-state index contributed by atoms with van der Waals surface area (Å²) >= 11 is 0. The van der Waals surface area contributed by atoms with Gasteiger partial charge in [0.15, 0.2) is 0 Å². The van der Waals surface area contributed by atoms with E-state index in [0.29, 0.717) is 17.9 Å². The van der Waals surface area contributed by atoms with Crippen molar-refractivity contribution in [2.24, 2.45) is 5.92 Å². The summed E-state index contributed by atoms with van der Waals surface area (Å²) in [4.78, 5) is 17.5. The Balaban J connectivity index is 1.54. The average Bonchev–Trinajstić information content (AvgIpc) is 2.85. The minimum absolute atomic E-state index is 0.292. The van der Waals surface area contributed by atoms with Crippen molar-refractivity contribution in [2.75, 3.05) is 19.6 Å². The van der Waals surface area contributed by atoms with Gasteiger partial charge in [0.2, 0.25) is 5.91 Å². The van der Waals surface area contributed by atoms with Crippen molar-refractivity contribution < 1.29 is 4.79 Å². The lowest BCUT2D eigenvalue weighted by atomic mass is 9.97. The van der Waals surface area contributed by atoms with Crippen LogP contribution in [0.3, 0.4) is 0 Å². The first-order chi connectivity index (χ1) is 11.2. The molecule has 1 saturated carbocycles. The predicted octanol–water partition coefficient (Wildman–Crippen LogP) is 3.69. The van der Waals surface area contributed by atoms with Gasteiger partial charge >= 0.3 is 0 Å². The zero-order valence-corrected chi connectivity index (χ0v) is 14.4. The van der Waals surface area contributed by atoms with Crippen LogP contribution in [0.1, 0.15) is 51.0 Å². The molecule has 0 spiro atoms. The summed E-state index contributed by atoms with van der Waals surface area (Å²) in [6.07, 6.45) is 7.30. The van der Waals surface area contributed by atoms with Crippen LogP contribution in [0.2, 0.25) is 0 Å². The van der Waals surface area contributed by atoms with E-state index in [2.05, 4.69) is 47.1 Å². The van der Waals surface area contributed by atoms with Crippen LogP contribution in [0, 0.1) is 5.92 Å². The van der Waals surface area contributed by atoms with E-state index in [1.54, 1.807) is 0 Å². The summed E-state index contributed by atoms with van der Waals surface area (Å²) in [7, 11) is 0. The van der Waals surface area contributed by atoms with E-state index in [9.17, 15) is 4.79 Å². The Morgan fingerprint density at radius 2 is 1.74 bits per heavy atom. The van der Waals surface area contributed by atoms with Crippen LogP contribution in [-0.2, 0) is 11.3 Å². The fourth-order valence-electron chi connectivity index (χ4n) is 4.11. The quantitative estimate of drug-likeness (QED) is 0.794. The van der Waals surface area contributed by atoms with Crippen LogP contribution in [0.5, 0.6) is 0 Å². The predicted molar refractivity (Wildman–Crippen MR) is 94.1 cm³/mol. The summed E-state index contributed by atoms with van der Waals surface area (Å²) in [5.74, 6) is 0.722. The molecule has 1 unspecified atom stereocenters. The van der Waals surface area contributed by atoms with Gasteiger partial charge in [0, 0.05) is 38.1 Å². The van der Waals surface area contributed by atoms with Gasteiger partial charge in [-0.15, -0.1) is 0 Å². The number of hydrogen-bond acceptors (Lipinski definition) is 2. The largest absolute Gasteiger partial charge is 0.337 e. The molecule has 2 aliphatic rings. The minimum atomic E-state index is 0.292. The third-order valence-electron chi connectivity index (χ3n) is 5.45. The summed E-state index contributed by atoms with van der Waals surface area (Å²) < 4.78 is 0. The number of benzene rings is 1. The summed E-state index contributed by atoms with van der Waals surface area (Å²) in [6.45, 7) is 6.09. The van der Waals surface area contributed by atoms with Gasteiger partial charge in [-0.3, -0.25) is 9.69 Å². The molecule has 3 rings (SSSR count). The molecule has 0 bridgehead atoms. The molecule has 1 aromatic carbocycles. The molecule has 1 amide bonds. The molecule has 23 heavy (non-hydrogen) atoms. The Kier molecular flexibility index (Phi) is 5.71. The van der Waals surface area contributed by atoms with Gasteiger partial charge in [-0.05, 0) is 25.3 Å².